The molecule has 2 N–H and O–H groups in total. The van der Waals surface area contributed by atoms with Crippen molar-refractivity contribution in [3.05, 3.63) is 77.2 Å². The summed E-state index contributed by atoms with van der Waals surface area (Å²) < 4.78 is 0. The first-order chi connectivity index (χ1) is 11.6. The van der Waals surface area contributed by atoms with Gasteiger partial charge in [0.1, 0.15) is 0 Å². The summed E-state index contributed by atoms with van der Waals surface area (Å²) in [6.45, 7) is 2.04. The Bertz CT molecular complexity index is 854. The Labute approximate surface area is 144 Å². The summed E-state index contributed by atoms with van der Waals surface area (Å²) in [4.78, 5) is 16.6. The number of rotatable bonds is 4. The van der Waals surface area contributed by atoms with Crippen LogP contribution in [0.3, 0.4) is 0 Å². The van der Waals surface area contributed by atoms with Crippen molar-refractivity contribution >= 4 is 28.5 Å². The Morgan fingerprint density at radius 1 is 1.12 bits per heavy atom. The molecule has 0 radical (unpaired) electrons. The zero-order valence-electron chi connectivity index (χ0n) is 13.2. The van der Waals surface area contributed by atoms with Gasteiger partial charge in [-0.2, -0.15) is 0 Å². The van der Waals surface area contributed by atoms with E-state index in [0.29, 0.717) is 5.13 Å². The first-order valence-electron chi connectivity index (χ1n) is 7.48. The number of aromatic nitrogens is 1. The number of nitrogens with two attached hydrogens (primary N) is 1. The summed E-state index contributed by atoms with van der Waals surface area (Å²) in [6.07, 6.45) is 3.18. The van der Waals surface area contributed by atoms with Gasteiger partial charge in [-0.25, -0.2) is 15.8 Å². The van der Waals surface area contributed by atoms with E-state index < -0.39 is 0 Å². The van der Waals surface area contributed by atoms with Gasteiger partial charge in [-0.1, -0.05) is 60.2 Å². The van der Waals surface area contributed by atoms with Crippen LogP contribution in [0.2, 0.25) is 0 Å². The number of carbonyl (C=O) groups is 1. The highest BCUT2D eigenvalue weighted by molar-refractivity contribution is 7.14. The molecule has 0 aliphatic rings. The lowest BCUT2D eigenvalue weighted by Crippen LogP contribution is -2.36. The quantitative estimate of drug-likeness (QED) is 0.339. The molecule has 0 unspecified atom stereocenters. The fourth-order valence-electron chi connectivity index (χ4n) is 2.14. The van der Waals surface area contributed by atoms with Crippen LogP contribution >= 0.6 is 11.3 Å². The van der Waals surface area contributed by atoms with E-state index in [1.807, 2.05) is 66.9 Å². The Morgan fingerprint density at radius 3 is 2.54 bits per heavy atom. The lowest BCUT2D eigenvalue weighted by molar-refractivity contribution is -0.114. The van der Waals surface area contributed by atoms with Crippen molar-refractivity contribution in [3.63, 3.8) is 0 Å². The minimum absolute atomic E-state index is 0.316. The Hall–Kier alpha value is -2.76. The van der Waals surface area contributed by atoms with E-state index in [9.17, 15) is 4.79 Å². The molecule has 1 heterocycles. The summed E-state index contributed by atoms with van der Waals surface area (Å²) in [6, 6.07) is 17.7. The molecule has 0 aliphatic carbocycles. The van der Waals surface area contributed by atoms with E-state index in [1.165, 1.54) is 23.0 Å². The molecule has 1 amide bonds. The third kappa shape index (κ3) is 3.76. The lowest BCUT2D eigenvalue weighted by Gasteiger charge is -2.10. The molecule has 0 atom stereocenters. The molecule has 0 bridgehead atoms. The average Bonchev–Trinajstić information content (AvgIpc) is 3.10. The largest absolute Gasteiger partial charge is 0.268 e. The fraction of sp³-hybridized carbons (Fsp3) is 0.0526. The second-order valence-corrected chi connectivity index (χ2v) is 6.17. The van der Waals surface area contributed by atoms with Gasteiger partial charge in [0.25, 0.3) is 5.91 Å². The SMILES string of the molecule is Cc1ccc(-c2csc(N(N)C(=O)C=Cc3ccccc3)n2)cc1. The highest BCUT2D eigenvalue weighted by atomic mass is 32.1. The van der Waals surface area contributed by atoms with E-state index in [0.717, 1.165) is 21.8 Å². The standard InChI is InChI=1S/C19H17N3OS/c1-14-7-10-16(11-8-14)17-13-24-19(21-17)22(20)18(23)12-9-15-5-3-2-4-6-15/h2-13H,20H2,1H3. The Kier molecular flexibility index (Phi) is 4.84. The summed E-state index contributed by atoms with van der Waals surface area (Å²) in [5.41, 5.74) is 3.95. The maximum absolute atomic E-state index is 12.2. The summed E-state index contributed by atoms with van der Waals surface area (Å²) >= 11 is 1.34. The van der Waals surface area contributed by atoms with Crippen LogP contribution in [0.15, 0.2) is 66.1 Å². The number of thiazole rings is 1. The first-order valence-corrected chi connectivity index (χ1v) is 8.36. The second-order valence-electron chi connectivity index (χ2n) is 5.33. The fourth-order valence-corrected chi connectivity index (χ4v) is 2.90. The van der Waals surface area contributed by atoms with Gasteiger partial charge in [-0.05, 0) is 18.6 Å². The van der Waals surface area contributed by atoms with Crippen LogP contribution in [0.4, 0.5) is 5.13 Å². The zero-order chi connectivity index (χ0) is 16.9. The monoisotopic (exact) mass is 335 g/mol. The molecule has 5 heteroatoms. The average molecular weight is 335 g/mol. The molecular weight excluding hydrogens is 318 g/mol. The smallest absolute Gasteiger partial charge is 0.267 e. The molecular formula is C19H17N3OS. The van der Waals surface area contributed by atoms with Crippen molar-refractivity contribution in [2.24, 2.45) is 5.84 Å². The topological polar surface area (TPSA) is 59.2 Å². The summed E-state index contributed by atoms with van der Waals surface area (Å²) in [5, 5.41) is 3.43. The number of benzene rings is 2. The molecule has 120 valence electrons. The number of carbonyl (C=O) groups excluding carboxylic acids is 1. The molecule has 0 aliphatic heterocycles. The molecule has 4 nitrogen and oxygen atoms in total. The van der Waals surface area contributed by atoms with Crippen LogP contribution < -0.4 is 10.9 Å². The molecule has 2 aromatic carbocycles. The molecule has 0 saturated heterocycles. The van der Waals surface area contributed by atoms with Crippen molar-refractivity contribution < 1.29 is 4.79 Å². The third-order valence-electron chi connectivity index (χ3n) is 3.50. The molecule has 0 saturated carbocycles. The van der Waals surface area contributed by atoms with Crippen molar-refractivity contribution in [1.29, 1.82) is 0 Å². The van der Waals surface area contributed by atoms with Crippen molar-refractivity contribution in [1.82, 2.24) is 4.98 Å². The van der Waals surface area contributed by atoms with Crippen LogP contribution in [-0.2, 0) is 4.79 Å². The van der Waals surface area contributed by atoms with Crippen molar-refractivity contribution in [3.8, 4) is 11.3 Å². The number of hydrogen-bond donors (Lipinski definition) is 1. The van der Waals surface area contributed by atoms with Gasteiger partial charge in [-0.15, -0.1) is 11.3 Å². The van der Waals surface area contributed by atoms with E-state index in [1.54, 1.807) is 6.08 Å². The predicted molar refractivity (Wildman–Crippen MR) is 99.4 cm³/mol. The Balaban J connectivity index is 1.73. The van der Waals surface area contributed by atoms with Crippen LogP contribution in [0.1, 0.15) is 11.1 Å². The van der Waals surface area contributed by atoms with Crippen molar-refractivity contribution in [2.45, 2.75) is 6.92 Å². The summed E-state index contributed by atoms with van der Waals surface area (Å²) in [7, 11) is 0. The number of anilines is 1. The molecule has 24 heavy (non-hydrogen) atoms. The van der Waals surface area contributed by atoms with Gasteiger partial charge >= 0.3 is 0 Å². The van der Waals surface area contributed by atoms with Gasteiger partial charge in [-0.3, -0.25) is 4.79 Å². The van der Waals surface area contributed by atoms with Gasteiger partial charge in [0.05, 0.1) is 5.69 Å². The maximum Gasteiger partial charge on any atom is 0.267 e. The van der Waals surface area contributed by atoms with E-state index in [-0.39, 0.29) is 5.91 Å². The van der Waals surface area contributed by atoms with Crippen LogP contribution in [0, 0.1) is 6.92 Å². The van der Waals surface area contributed by atoms with E-state index >= 15 is 0 Å². The van der Waals surface area contributed by atoms with Gasteiger partial charge in [0, 0.05) is 17.0 Å². The minimum Gasteiger partial charge on any atom is -0.268 e. The van der Waals surface area contributed by atoms with Crippen LogP contribution in [0.25, 0.3) is 17.3 Å². The molecule has 3 rings (SSSR count). The van der Waals surface area contributed by atoms with Gasteiger partial charge in [0.2, 0.25) is 5.13 Å². The molecule has 3 aromatic rings. The Morgan fingerprint density at radius 2 is 1.83 bits per heavy atom. The predicted octanol–water partition coefficient (Wildman–Crippen LogP) is 4.04. The first kappa shape index (κ1) is 16.1. The van der Waals surface area contributed by atoms with Crippen LogP contribution in [0.5, 0.6) is 0 Å². The molecule has 0 spiro atoms. The van der Waals surface area contributed by atoms with Gasteiger partial charge in [0.15, 0.2) is 0 Å². The number of hydrogen-bond acceptors (Lipinski definition) is 4. The molecule has 0 fully saturated rings. The van der Waals surface area contributed by atoms with Crippen molar-refractivity contribution in [2.75, 3.05) is 5.01 Å². The highest BCUT2D eigenvalue weighted by Gasteiger charge is 2.13. The normalized spacial score (nSPS) is 10.9. The van der Waals surface area contributed by atoms with E-state index in [4.69, 9.17) is 5.84 Å². The highest BCUT2D eigenvalue weighted by Crippen LogP contribution is 2.26. The number of nitrogens with zero attached hydrogens (tertiary/aromatic N) is 2. The zero-order valence-corrected chi connectivity index (χ0v) is 14.0. The summed E-state index contributed by atoms with van der Waals surface area (Å²) in [5.74, 6) is 5.58. The van der Waals surface area contributed by atoms with Gasteiger partial charge < -0.3 is 0 Å². The number of hydrazine groups is 1. The molecule has 1 aromatic heterocycles. The van der Waals surface area contributed by atoms with E-state index in [2.05, 4.69) is 4.98 Å². The van der Waals surface area contributed by atoms with Crippen LogP contribution in [-0.4, -0.2) is 10.9 Å². The third-order valence-corrected chi connectivity index (χ3v) is 4.34. The maximum atomic E-state index is 12.2. The number of aryl methyl sites for hydroxylation is 1. The lowest BCUT2D eigenvalue weighted by atomic mass is 10.1. The minimum atomic E-state index is -0.316. The number of amides is 1. The second kappa shape index (κ2) is 7.21.